The summed E-state index contributed by atoms with van der Waals surface area (Å²) in [6.07, 6.45) is 4.51. The topological polar surface area (TPSA) is 75.6 Å². The molecule has 1 saturated heterocycles. The molecule has 0 radical (unpaired) electrons. The van der Waals surface area contributed by atoms with Gasteiger partial charge in [-0.25, -0.2) is 0 Å². The SMILES string of the molecule is CC(C)C(C)(CC(=O)O)NC(=O)CCCC1CCOCC1. The van der Waals surface area contributed by atoms with Crippen LogP contribution in [-0.2, 0) is 14.3 Å². The molecule has 0 bridgehead atoms. The normalized spacial score (nSPS) is 19.2. The van der Waals surface area contributed by atoms with Crippen molar-refractivity contribution in [2.45, 2.75) is 64.8 Å². The molecule has 1 atom stereocenters. The minimum Gasteiger partial charge on any atom is -0.481 e. The third kappa shape index (κ3) is 6.46. The van der Waals surface area contributed by atoms with Crippen molar-refractivity contribution in [1.82, 2.24) is 5.32 Å². The van der Waals surface area contributed by atoms with E-state index < -0.39 is 11.5 Å². The fraction of sp³-hybridized carbons (Fsp3) is 0.875. The summed E-state index contributed by atoms with van der Waals surface area (Å²) in [4.78, 5) is 23.0. The molecule has 1 aliphatic rings. The largest absolute Gasteiger partial charge is 0.481 e. The summed E-state index contributed by atoms with van der Waals surface area (Å²) in [5, 5.41) is 11.9. The number of rotatable bonds is 8. The second kappa shape index (κ2) is 8.37. The van der Waals surface area contributed by atoms with E-state index in [0.29, 0.717) is 12.3 Å². The second-order valence-corrected chi connectivity index (χ2v) is 6.64. The van der Waals surface area contributed by atoms with Crippen LogP contribution >= 0.6 is 0 Å². The van der Waals surface area contributed by atoms with Crippen molar-refractivity contribution in [1.29, 1.82) is 0 Å². The maximum Gasteiger partial charge on any atom is 0.305 e. The Morgan fingerprint density at radius 3 is 2.48 bits per heavy atom. The third-order valence-electron chi connectivity index (χ3n) is 4.57. The summed E-state index contributed by atoms with van der Waals surface area (Å²) in [7, 11) is 0. The van der Waals surface area contributed by atoms with E-state index in [1.165, 1.54) is 0 Å². The van der Waals surface area contributed by atoms with E-state index in [-0.39, 0.29) is 18.2 Å². The van der Waals surface area contributed by atoms with E-state index in [4.69, 9.17) is 9.84 Å². The molecular formula is C16H29NO4. The van der Waals surface area contributed by atoms with Gasteiger partial charge in [0.15, 0.2) is 0 Å². The smallest absolute Gasteiger partial charge is 0.305 e. The van der Waals surface area contributed by atoms with Crippen molar-refractivity contribution >= 4 is 11.9 Å². The lowest BCUT2D eigenvalue weighted by Gasteiger charge is -2.33. The minimum atomic E-state index is -0.881. The first-order chi connectivity index (χ1) is 9.83. The Morgan fingerprint density at radius 1 is 1.33 bits per heavy atom. The van der Waals surface area contributed by atoms with Crippen LogP contribution in [0.3, 0.4) is 0 Å². The van der Waals surface area contributed by atoms with Gasteiger partial charge in [-0.2, -0.15) is 0 Å². The van der Waals surface area contributed by atoms with Crippen molar-refractivity contribution in [3.8, 4) is 0 Å². The second-order valence-electron chi connectivity index (χ2n) is 6.64. The molecule has 2 N–H and O–H groups in total. The quantitative estimate of drug-likeness (QED) is 0.722. The summed E-state index contributed by atoms with van der Waals surface area (Å²) in [6, 6.07) is 0. The number of nitrogens with one attached hydrogen (secondary N) is 1. The van der Waals surface area contributed by atoms with Gasteiger partial charge in [-0.3, -0.25) is 9.59 Å². The molecule has 21 heavy (non-hydrogen) atoms. The zero-order chi connectivity index (χ0) is 15.9. The Hall–Kier alpha value is -1.10. The Labute approximate surface area is 127 Å². The molecule has 0 aromatic carbocycles. The summed E-state index contributed by atoms with van der Waals surface area (Å²) in [5.74, 6) is -0.177. The van der Waals surface area contributed by atoms with Gasteiger partial charge in [0.2, 0.25) is 5.91 Å². The molecule has 1 rings (SSSR count). The van der Waals surface area contributed by atoms with Crippen LogP contribution in [-0.4, -0.2) is 35.7 Å². The molecule has 1 aliphatic heterocycles. The number of carboxylic acids is 1. The first-order valence-electron chi connectivity index (χ1n) is 7.94. The number of hydrogen-bond acceptors (Lipinski definition) is 3. The number of hydrogen-bond donors (Lipinski definition) is 2. The van der Waals surface area contributed by atoms with Gasteiger partial charge >= 0.3 is 5.97 Å². The highest BCUT2D eigenvalue weighted by Crippen LogP contribution is 2.23. The monoisotopic (exact) mass is 299 g/mol. The number of aliphatic carboxylic acids is 1. The van der Waals surface area contributed by atoms with Crippen LogP contribution < -0.4 is 5.32 Å². The molecule has 122 valence electrons. The molecule has 0 aromatic heterocycles. The fourth-order valence-electron chi connectivity index (χ4n) is 2.67. The summed E-state index contributed by atoms with van der Waals surface area (Å²) in [6.45, 7) is 7.35. The van der Waals surface area contributed by atoms with Crippen molar-refractivity contribution < 1.29 is 19.4 Å². The zero-order valence-corrected chi connectivity index (χ0v) is 13.5. The average Bonchev–Trinajstić information content (AvgIpc) is 2.38. The van der Waals surface area contributed by atoms with Crippen molar-refractivity contribution in [2.24, 2.45) is 11.8 Å². The zero-order valence-electron chi connectivity index (χ0n) is 13.5. The lowest BCUT2D eigenvalue weighted by Crippen LogP contribution is -2.51. The van der Waals surface area contributed by atoms with Crippen LogP contribution in [0.15, 0.2) is 0 Å². The minimum absolute atomic E-state index is 0.0421. The molecule has 0 spiro atoms. The standard InChI is InChI=1S/C16H29NO4/c1-12(2)16(3,11-15(19)20)17-14(18)6-4-5-13-7-9-21-10-8-13/h12-13H,4-11H2,1-3H3,(H,17,18)(H,19,20). The lowest BCUT2D eigenvalue weighted by atomic mass is 9.85. The molecular weight excluding hydrogens is 270 g/mol. The summed E-state index contributed by atoms with van der Waals surface area (Å²) in [5.41, 5.74) is -0.679. The Morgan fingerprint density at radius 2 is 1.95 bits per heavy atom. The number of ether oxygens (including phenoxy) is 1. The van der Waals surface area contributed by atoms with Crippen LogP contribution in [0.2, 0.25) is 0 Å². The number of carbonyl (C=O) groups is 2. The number of carbonyl (C=O) groups excluding carboxylic acids is 1. The first kappa shape index (κ1) is 18.0. The van der Waals surface area contributed by atoms with Crippen LogP contribution in [0.5, 0.6) is 0 Å². The van der Waals surface area contributed by atoms with Crippen molar-refractivity contribution in [2.75, 3.05) is 13.2 Å². The van der Waals surface area contributed by atoms with Crippen LogP contribution in [0.1, 0.15) is 59.3 Å². The Bertz CT molecular complexity index is 350. The van der Waals surface area contributed by atoms with E-state index in [1.54, 1.807) is 0 Å². The fourth-order valence-corrected chi connectivity index (χ4v) is 2.67. The molecule has 0 aliphatic carbocycles. The van der Waals surface area contributed by atoms with Crippen molar-refractivity contribution in [3.63, 3.8) is 0 Å². The molecule has 0 saturated carbocycles. The molecule has 5 heteroatoms. The van der Waals surface area contributed by atoms with E-state index >= 15 is 0 Å². The van der Waals surface area contributed by atoms with Gasteiger partial charge in [0, 0.05) is 25.2 Å². The van der Waals surface area contributed by atoms with Gasteiger partial charge < -0.3 is 15.2 Å². The van der Waals surface area contributed by atoms with E-state index in [2.05, 4.69) is 5.32 Å². The molecule has 1 unspecified atom stereocenters. The highest BCUT2D eigenvalue weighted by atomic mass is 16.5. The van der Waals surface area contributed by atoms with Crippen LogP contribution in [0.4, 0.5) is 0 Å². The highest BCUT2D eigenvalue weighted by Gasteiger charge is 2.32. The maximum absolute atomic E-state index is 12.1. The Kier molecular flexibility index (Phi) is 7.15. The third-order valence-corrected chi connectivity index (χ3v) is 4.57. The van der Waals surface area contributed by atoms with Crippen LogP contribution in [0, 0.1) is 11.8 Å². The number of carboxylic acid groups (broad SMARTS) is 1. The predicted octanol–water partition coefficient (Wildman–Crippen LogP) is 2.59. The summed E-state index contributed by atoms with van der Waals surface area (Å²) >= 11 is 0. The first-order valence-corrected chi connectivity index (χ1v) is 7.94. The Balaban J connectivity index is 2.34. The van der Waals surface area contributed by atoms with E-state index in [0.717, 1.165) is 38.9 Å². The van der Waals surface area contributed by atoms with Crippen LogP contribution in [0.25, 0.3) is 0 Å². The van der Waals surface area contributed by atoms with Gasteiger partial charge in [0.25, 0.3) is 0 Å². The van der Waals surface area contributed by atoms with Gasteiger partial charge in [-0.05, 0) is 44.4 Å². The number of amides is 1. The molecule has 1 heterocycles. The van der Waals surface area contributed by atoms with Crippen molar-refractivity contribution in [3.05, 3.63) is 0 Å². The molecule has 1 amide bonds. The average molecular weight is 299 g/mol. The van der Waals surface area contributed by atoms with E-state index in [1.807, 2.05) is 20.8 Å². The lowest BCUT2D eigenvalue weighted by molar-refractivity contribution is -0.139. The van der Waals surface area contributed by atoms with Gasteiger partial charge in [0.1, 0.15) is 0 Å². The predicted molar refractivity (Wildman–Crippen MR) is 81.0 cm³/mol. The molecule has 0 aromatic rings. The van der Waals surface area contributed by atoms with Gasteiger partial charge in [0.05, 0.1) is 6.42 Å². The summed E-state index contributed by atoms with van der Waals surface area (Å²) < 4.78 is 5.32. The molecule has 1 fully saturated rings. The van der Waals surface area contributed by atoms with E-state index in [9.17, 15) is 9.59 Å². The molecule has 5 nitrogen and oxygen atoms in total. The maximum atomic E-state index is 12.1. The highest BCUT2D eigenvalue weighted by molar-refractivity contribution is 5.78. The van der Waals surface area contributed by atoms with Gasteiger partial charge in [-0.1, -0.05) is 13.8 Å². The van der Waals surface area contributed by atoms with Gasteiger partial charge in [-0.15, -0.1) is 0 Å².